The lowest BCUT2D eigenvalue weighted by Gasteiger charge is -2.51. The quantitative estimate of drug-likeness (QED) is 0.748. The summed E-state index contributed by atoms with van der Waals surface area (Å²) >= 11 is 5.97. The number of anilines is 2. The standard InChI is InChI=1S/C22H26ClFN4O2S/c23-16-4-2-15(3-5-16)17-6-9-27(13-18(17)24)21-25-12-19-20(26-21)28(10-11-31(19)30)22(14-29)7-1-8-22/h2-5,12,17-18,29H,1,6-11,13-14H2/t17?,18?,31-/m0/s1. The largest absolute Gasteiger partial charge is 0.394 e. The predicted molar refractivity (Wildman–Crippen MR) is 120 cm³/mol. The van der Waals surface area contributed by atoms with Crippen LogP contribution in [0.1, 0.15) is 37.2 Å². The fourth-order valence-electron chi connectivity index (χ4n) is 4.98. The van der Waals surface area contributed by atoms with Gasteiger partial charge >= 0.3 is 0 Å². The highest BCUT2D eigenvalue weighted by molar-refractivity contribution is 7.85. The van der Waals surface area contributed by atoms with E-state index in [4.69, 9.17) is 16.6 Å². The summed E-state index contributed by atoms with van der Waals surface area (Å²) in [4.78, 5) is 13.8. The molecule has 3 atom stereocenters. The monoisotopic (exact) mass is 464 g/mol. The van der Waals surface area contributed by atoms with E-state index in [1.54, 1.807) is 18.3 Å². The fourth-order valence-corrected chi connectivity index (χ4v) is 6.21. The highest BCUT2D eigenvalue weighted by Gasteiger charge is 2.45. The molecule has 0 spiro atoms. The first-order valence-corrected chi connectivity index (χ1v) is 12.5. The molecular formula is C22H26ClFN4O2S. The van der Waals surface area contributed by atoms with Crippen molar-refractivity contribution in [1.29, 1.82) is 0 Å². The molecule has 1 saturated carbocycles. The number of rotatable bonds is 4. The van der Waals surface area contributed by atoms with Crippen LogP contribution in [0.15, 0.2) is 35.4 Å². The number of benzene rings is 1. The molecule has 1 saturated heterocycles. The zero-order valence-corrected chi connectivity index (χ0v) is 18.8. The molecule has 0 bridgehead atoms. The summed E-state index contributed by atoms with van der Waals surface area (Å²) in [6.45, 7) is 1.50. The average molecular weight is 465 g/mol. The summed E-state index contributed by atoms with van der Waals surface area (Å²) in [5.74, 6) is 1.44. The Morgan fingerprint density at radius 2 is 2.03 bits per heavy atom. The van der Waals surface area contributed by atoms with Gasteiger partial charge in [0.25, 0.3) is 0 Å². The van der Waals surface area contributed by atoms with E-state index in [0.29, 0.717) is 46.9 Å². The van der Waals surface area contributed by atoms with Crippen molar-refractivity contribution in [3.8, 4) is 0 Å². The summed E-state index contributed by atoms with van der Waals surface area (Å²) in [5.41, 5.74) is 0.634. The van der Waals surface area contributed by atoms with E-state index < -0.39 is 17.0 Å². The SMILES string of the molecule is O=[S@]1CCN(C2(CO)CCC2)c2nc(N3CCC(c4ccc(Cl)cc4)C(F)C3)ncc21. The molecule has 5 rings (SSSR count). The smallest absolute Gasteiger partial charge is 0.227 e. The molecule has 3 heterocycles. The summed E-state index contributed by atoms with van der Waals surface area (Å²) in [6, 6.07) is 7.39. The van der Waals surface area contributed by atoms with E-state index in [9.17, 15) is 9.32 Å². The molecule has 2 unspecified atom stereocenters. The molecule has 166 valence electrons. The third kappa shape index (κ3) is 3.72. The van der Waals surface area contributed by atoms with Gasteiger partial charge in [0, 0.05) is 29.8 Å². The minimum absolute atomic E-state index is 0.0530. The van der Waals surface area contributed by atoms with Gasteiger partial charge in [0.05, 0.1) is 40.6 Å². The Morgan fingerprint density at radius 3 is 2.68 bits per heavy atom. The number of aliphatic hydroxyl groups is 1. The van der Waals surface area contributed by atoms with Crippen molar-refractivity contribution in [1.82, 2.24) is 9.97 Å². The van der Waals surface area contributed by atoms with Gasteiger partial charge in [-0.25, -0.2) is 9.37 Å². The van der Waals surface area contributed by atoms with Crippen LogP contribution in [0.3, 0.4) is 0 Å². The van der Waals surface area contributed by atoms with Crippen molar-refractivity contribution >= 4 is 34.2 Å². The van der Waals surface area contributed by atoms with Crippen LogP contribution in [0.5, 0.6) is 0 Å². The Bertz CT molecular complexity index is 982. The maximum absolute atomic E-state index is 15.1. The van der Waals surface area contributed by atoms with Gasteiger partial charge in [0.2, 0.25) is 5.95 Å². The van der Waals surface area contributed by atoms with Crippen molar-refractivity contribution in [2.75, 3.05) is 41.8 Å². The van der Waals surface area contributed by atoms with Crippen LogP contribution in [0.4, 0.5) is 16.2 Å². The molecule has 1 aromatic heterocycles. The Labute approximate surface area is 188 Å². The second-order valence-corrected chi connectivity index (χ2v) is 10.7. The van der Waals surface area contributed by atoms with Crippen molar-refractivity contribution in [3.63, 3.8) is 0 Å². The molecule has 1 N–H and O–H groups in total. The number of aliphatic hydroxyl groups excluding tert-OH is 1. The Kier molecular flexibility index (Phi) is 5.65. The molecule has 2 fully saturated rings. The molecule has 9 heteroatoms. The highest BCUT2D eigenvalue weighted by Crippen LogP contribution is 2.43. The molecule has 2 aromatic rings. The molecule has 1 aromatic carbocycles. The van der Waals surface area contributed by atoms with E-state index in [-0.39, 0.29) is 24.6 Å². The first kappa shape index (κ1) is 21.1. The third-order valence-corrected chi connectivity index (χ3v) is 8.58. The Balaban J connectivity index is 1.39. The number of fused-ring (bicyclic) bond motifs is 1. The van der Waals surface area contributed by atoms with Gasteiger partial charge in [-0.05, 0) is 43.4 Å². The molecule has 1 aliphatic carbocycles. The molecule has 3 aliphatic rings. The van der Waals surface area contributed by atoms with Gasteiger partial charge in [0.15, 0.2) is 5.82 Å². The van der Waals surface area contributed by atoms with E-state index in [2.05, 4.69) is 9.88 Å². The van der Waals surface area contributed by atoms with Crippen molar-refractivity contribution < 1.29 is 13.7 Å². The number of hydrogen-bond donors (Lipinski definition) is 1. The molecule has 31 heavy (non-hydrogen) atoms. The van der Waals surface area contributed by atoms with Crippen LogP contribution in [0.2, 0.25) is 5.02 Å². The summed E-state index contributed by atoms with van der Waals surface area (Å²) in [5, 5.41) is 10.7. The van der Waals surface area contributed by atoms with Crippen LogP contribution in [0, 0.1) is 0 Å². The Morgan fingerprint density at radius 1 is 1.26 bits per heavy atom. The normalized spacial score (nSPS) is 27.5. The molecular weight excluding hydrogens is 439 g/mol. The maximum atomic E-state index is 15.1. The maximum Gasteiger partial charge on any atom is 0.227 e. The molecule has 0 amide bonds. The van der Waals surface area contributed by atoms with Gasteiger partial charge in [0.1, 0.15) is 6.17 Å². The Hall–Kier alpha value is -1.77. The zero-order valence-electron chi connectivity index (χ0n) is 17.2. The number of alkyl halides is 1. The fraction of sp³-hybridized carbons (Fsp3) is 0.545. The number of nitrogens with zero attached hydrogens (tertiary/aromatic N) is 4. The molecule has 0 radical (unpaired) electrons. The second-order valence-electron chi connectivity index (χ2n) is 8.70. The lowest BCUT2D eigenvalue weighted by molar-refractivity contribution is 0.115. The lowest BCUT2D eigenvalue weighted by Crippen LogP contribution is -2.59. The first-order valence-electron chi connectivity index (χ1n) is 10.8. The van der Waals surface area contributed by atoms with Gasteiger partial charge < -0.3 is 14.9 Å². The molecule has 2 aliphatic heterocycles. The number of halogens is 2. The van der Waals surface area contributed by atoms with Crippen molar-refractivity contribution in [3.05, 3.63) is 41.0 Å². The van der Waals surface area contributed by atoms with Crippen molar-refractivity contribution in [2.45, 2.75) is 48.2 Å². The van der Waals surface area contributed by atoms with Gasteiger partial charge in [-0.2, -0.15) is 4.98 Å². The van der Waals surface area contributed by atoms with E-state index in [0.717, 1.165) is 24.8 Å². The zero-order chi connectivity index (χ0) is 21.6. The van der Waals surface area contributed by atoms with Crippen molar-refractivity contribution in [2.24, 2.45) is 0 Å². The first-order chi connectivity index (χ1) is 15.0. The van der Waals surface area contributed by atoms with Crippen LogP contribution in [-0.4, -0.2) is 63.0 Å². The van der Waals surface area contributed by atoms with Gasteiger partial charge in [-0.15, -0.1) is 0 Å². The van der Waals surface area contributed by atoms with Gasteiger partial charge in [-0.1, -0.05) is 23.7 Å². The topological polar surface area (TPSA) is 69.6 Å². The molecule has 6 nitrogen and oxygen atoms in total. The minimum Gasteiger partial charge on any atom is -0.394 e. The van der Waals surface area contributed by atoms with Crippen LogP contribution >= 0.6 is 11.6 Å². The summed E-state index contributed by atoms with van der Waals surface area (Å²) in [6.07, 6.45) is 4.09. The van der Waals surface area contributed by atoms with E-state index in [1.165, 1.54) is 0 Å². The lowest BCUT2D eigenvalue weighted by atomic mass is 9.76. The number of piperidine rings is 1. The number of hydrogen-bond acceptors (Lipinski definition) is 6. The van der Waals surface area contributed by atoms with Crippen LogP contribution in [0.25, 0.3) is 0 Å². The van der Waals surface area contributed by atoms with Crippen LogP contribution < -0.4 is 9.80 Å². The average Bonchev–Trinajstić information content (AvgIpc) is 2.75. The highest BCUT2D eigenvalue weighted by atomic mass is 35.5. The van der Waals surface area contributed by atoms with E-state index >= 15 is 4.39 Å². The number of aromatic nitrogens is 2. The van der Waals surface area contributed by atoms with E-state index in [1.807, 2.05) is 17.0 Å². The van der Waals surface area contributed by atoms with Crippen LogP contribution in [-0.2, 0) is 10.8 Å². The van der Waals surface area contributed by atoms with Gasteiger partial charge in [-0.3, -0.25) is 4.21 Å². The third-order valence-electron chi connectivity index (χ3n) is 7.00. The summed E-state index contributed by atoms with van der Waals surface area (Å²) < 4.78 is 27.7. The minimum atomic E-state index is -1.16. The summed E-state index contributed by atoms with van der Waals surface area (Å²) in [7, 11) is -1.16. The second kappa shape index (κ2) is 8.30. The predicted octanol–water partition coefficient (Wildman–Crippen LogP) is 3.30.